The van der Waals surface area contributed by atoms with Crippen LogP contribution in [0.15, 0.2) is 86.8 Å². The van der Waals surface area contributed by atoms with E-state index in [9.17, 15) is 14.4 Å². The highest BCUT2D eigenvalue weighted by Gasteiger charge is 2.14. The van der Waals surface area contributed by atoms with Crippen LogP contribution in [0.2, 0.25) is 0 Å². The predicted molar refractivity (Wildman–Crippen MR) is 119 cm³/mol. The Balaban J connectivity index is 1.48. The number of carbonyl (C=O) groups is 2. The lowest BCUT2D eigenvalue weighted by molar-refractivity contribution is 0.101. The first-order chi connectivity index (χ1) is 15.0. The zero-order valence-electron chi connectivity index (χ0n) is 15.9. The van der Waals surface area contributed by atoms with Crippen LogP contribution in [0, 0.1) is 0 Å². The number of anilines is 2. The Morgan fingerprint density at radius 3 is 2.55 bits per heavy atom. The van der Waals surface area contributed by atoms with Crippen LogP contribution in [0.4, 0.5) is 11.5 Å². The molecular formula is C22H15BrN4O4. The van der Waals surface area contributed by atoms with Gasteiger partial charge in [-0.05, 0) is 70.5 Å². The van der Waals surface area contributed by atoms with Gasteiger partial charge in [-0.15, -0.1) is 0 Å². The number of rotatable bonds is 5. The molecule has 3 heterocycles. The minimum atomic E-state index is -0.598. The number of hydrogen-bond donors (Lipinski definition) is 3. The number of amides is 2. The number of benzene rings is 1. The molecule has 0 aliphatic heterocycles. The third-order valence-corrected chi connectivity index (χ3v) is 4.76. The molecule has 0 aliphatic rings. The van der Waals surface area contributed by atoms with E-state index >= 15 is 0 Å². The smallest absolute Gasteiger partial charge is 0.261 e. The van der Waals surface area contributed by atoms with E-state index in [-0.39, 0.29) is 11.5 Å². The van der Waals surface area contributed by atoms with E-state index in [4.69, 9.17) is 4.42 Å². The van der Waals surface area contributed by atoms with E-state index in [0.717, 1.165) is 4.47 Å². The summed E-state index contributed by atoms with van der Waals surface area (Å²) in [7, 11) is 0. The van der Waals surface area contributed by atoms with Gasteiger partial charge in [0.2, 0.25) is 0 Å². The molecule has 0 atom stereocenters. The molecule has 31 heavy (non-hydrogen) atoms. The standard InChI is InChI=1S/C22H15BrN4O4/c23-14-6-9-19(24-12-14)27-20(28)13-3-1-4-15(11-13)25-21(29)16-7-8-17(26-22(16)30)18-5-2-10-31-18/h1-12H,(H,25,29)(H,26,30)(H,24,27,28). The second-order valence-corrected chi connectivity index (χ2v) is 7.36. The number of pyridine rings is 2. The molecule has 3 aromatic heterocycles. The third kappa shape index (κ3) is 4.78. The van der Waals surface area contributed by atoms with Crippen LogP contribution in [-0.4, -0.2) is 21.8 Å². The average molecular weight is 479 g/mol. The Labute approximate surface area is 184 Å². The van der Waals surface area contributed by atoms with Gasteiger partial charge in [0.05, 0.1) is 12.0 Å². The maximum atomic E-state index is 12.6. The van der Waals surface area contributed by atoms with E-state index in [1.54, 1.807) is 54.7 Å². The number of furan rings is 1. The second-order valence-electron chi connectivity index (χ2n) is 6.44. The molecule has 0 aliphatic carbocycles. The summed E-state index contributed by atoms with van der Waals surface area (Å²) in [4.78, 5) is 44.1. The summed E-state index contributed by atoms with van der Waals surface area (Å²) < 4.78 is 6.03. The van der Waals surface area contributed by atoms with Crippen LogP contribution < -0.4 is 16.2 Å². The molecule has 2 amide bonds. The van der Waals surface area contributed by atoms with Crippen LogP contribution in [0.3, 0.4) is 0 Å². The highest BCUT2D eigenvalue weighted by Crippen LogP contribution is 2.17. The van der Waals surface area contributed by atoms with E-state index in [1.807, 2.05) is 0 Å². The van der Waals surface area contributed by atoms with Crippen LogP contribution in [0.25, 0.3) is 11.5 Å². The number of carbonyl (C=O) groups excluding carboxylic acids is 2. The molecule has 1 aromatic carbocycles. The van der Waals surface area contributed by atoms with Gasteiger partial charge in [0, 0.05) is 21.9 Å². The van der Waals surface area contributed by atoms with Crippen molar-refractivity contribution >= 4 is 39.2 Å². The zero-order chi connectivity index (χ0) is 21.8. The summed E-state index contributed by atoms with van der Waals surface area (Å²) in [6, 6.07) is 16.2. The van der Waals surface area contributed by atoms with Gasteiger partial charge in [-0.2, -0.15) is 0 Å². The largest absolute Gasteiger partial charge is 0.463 e. The summed E-state index contributed by atoms with van der Waals surface area (Å²) in [6.45, 7) is 0. The number of hydrogen-bond acceptors (Lipinski definition) is 5. The maximum Gasteiger partial charge on any atom is 0.261 e. The number of halogens is 1. The molecule has 3 N–H and O–H groups in total. The fraction of sp³-hybridized carbons (Fsp3) is 0. The molecule has 0 unspecified atom stereocenters. The highest BCUT2D eigenvalue weighted by molar-refractivity contribution is 9.10. The Hall–Kier alpha value is -3.98. The van der Waals surface area contributed by atoms with Crippen LogP contribution >= 0.6 is 15.9 Å². The predicted octanol–water partition coefficient (Wildman–Crippen LogP) is 4.30. The fourth-order valence-electron chi connectivity index (χ4n) is 2.80. The van der Waals surface area contributed by atoms with Crippen molar-refractivity contribution in [2.24, 2.45) is 0 Å². The zero-order valence-corrected chi connectivity index (χ0v) is 17.5. The summed E-state index contributed by atoms with van der Waals surface area (Å²) in [5.74, 6) is -0.0974. The van der Waals surface area contributed by atoms with E-state index in [0.29, 0.717) is 28.5 Å². The van der Waals surface area contributed by atoms with Gasteiger partial charge in [0.15, 0.2) is 0 Å². The molecule has 0 spiro atoms. The first-order valence-corrected chi connectivity index (χ1v) is 9.90. The normalized spacial score (nSPS) is 10.5. The third-order valence-electron chi connectivity index (χ3n) is 4.29. The van der Waals surface area contributed by atoms with E-state index < -0.39 is 11.5 Å². The topological polar surface area (TPSA) is 117 Å². The Bertz CT molecular complexity index is 1300. The molecule has 0 fully saturated rings. The number of nitrogens with zero attached hydrogens (tertiary/aromatic N) is 1. The summed E-state index contributed by atoms with van der Waals surface area (Å²) in [5, 5.41) is 5.31. The van der Waals surface area contributed by atoms with Gasteiger partial charge < -0.3 is 20.0 Å². The molecule has 8 nitrogen and oxygen atoms in total. The molecule has 0 saturated heterocycles. The summed E-state index contributed by atoms with van der Waals surface area (Å²) in [5.41, 5.74) is 0.540. The van der Waals surface area contributed by atoms with Crippen molar-refractivity contribution in [3.8, 4) is 11.5 Å². The van der Waals surface area contributed by atoms with Gasteiger partial charge >= 0.3 is 0 Å². The monoisotopic (exact) mass is 478 g/mol. The van der Waals surface area contributed by atoms with Gasteiger partial charge in [0.1, 0.15) is 17.1 Å². The van der Waals surface area contributed by atoms with Crippen molar-refractivity contribution in [3.05, 3.63) is 99.1 Å². The van der Waals surface area contributed by atoms with E-state index in [2.05, 4.69) is 36.5 Å². The Morgan fingerprint density at radius 2 is 1.84 bits per heavy atom. The van der Waals surface area contributed by atoms with Crippen molar-refractivity contribution < 1.29 is 14.0 Å². The molecule has 0 saturated carbocycles. The lowest BCUT2D eigenvalue weighted by Crippen LogP contribution is -2.23. The number of nitrogens with one attached hydrogen (secondary N) is 3. The maximum absolute atomic E-state index is 12.6. The molecular weight excluding hydrogens is 464 g/mol. The fourth-order valence-corrected chi connectivity index (χ4v) is 3.04. The minimum absolute atomic E-state index is 0.0655. The number of aromatic amines is 1. The van der Waals surface area contributed by atoms with Gasteiger partial charge in [-0.3, -0.25) is 14.4 Å². The molecule has 0 bridgehead atoms. The summed E-state index contributed by atoms with van der Waals surface area (Å²) in [6.07, 6.45) is 3.06. The quantitative estimate of drug-likeness (QED) is 0.395. The van der Waals surface area contributed by atoms with Crippen molar-refractivity contribution in [2.75, 3.05) is 10.6 Å². The first kappa shape index (κ1) is 20.3. The first-order valence-electron chi connectivity index (χ1n) is 9.11. The van der Waals surface area contributed by atoms with Crippen molar-refractivity contribution in [1.82, 2.24) is 9.97 Å². The highest BCUT2D eigenvalue weighted by atomic mass is 79.9. The van der Waals surface area contributed by atoms with Crippen molar-refractivity contribution in [3.63, 3.8) is 0 Å². The van der Waals surface area contributed by atoms with Gasteiger partial charge in [0.25, 0.3) is 17.4 Å². The van der Waals surface area contributed by atoms with Crippen molar-refractivity contribution in [2.45, 2.75) is 0 Å². The van der Waals surface area contributed by atoms with Crippen molar-refractivity contribution in [1.29, 1.82) is 0 Å². The van der Waals surface area contributed by atoms with Crippen LogP contribution in [0.1, 0.15) is 20.7 Å². The minimum Gasteiger partial charge on any atom is -0.463 e. The van der Waals surface area contributed by atoms with Crippen LogP contribution in [0.5, 0.6) is 0 Å². The number of aromatic nitrogens is 2. The molecule has 9 heteroatoms. The Kier molecular flexibility index (Phi) is 5.76. The molecule has 0 radical (unpaired) electrons. The Morgan fingerprint density at radius 1 is 0.968 bits per heavy atom. The second kappa shape index (κ2) is 8.80. The van der Waals surface area contributed by atoms with Crippen LogP contribution in [-0.2, 0) is 0 Å². The average Bonchev–Trinajstić information content (AvgIpc) is 3.30. The van der Waals surface area contributed by atoms with E-state index in [1.165, 1.54) is 18.4 Å². The SMILES string of the molecule is O=C(Nc1ccc(Br)cn1)c1cccc(NC(=O)c2ccc(-c3ccco3)[nH]c2=O)c1. The number of H-pyrrole nitrogens is 1. The summed E-state index contributed by atoms with van der Waals surface area (Å²) >= 11 is 3.28. The molecule has 4 aromatic rings. The molecule has 154 valence electrons. The van der Waals surface area contributed by atoms with Gasteiger partial charge in [-0.25, -0.2) is 4.98 Å². The molecule has 4 rings (SSSR count). The lowest BCUT2D eigenvalue weighted by atomic mass is 10.1. The lowest BCUT2D eigenvalue weighted by Gasteiger charge is -2.08. The van der Waals surface area contributed by atoms with Gasteiger partial charge in [-0.1, -0.05) is 6.07 Å².